The van der Waals surface area contributed by atoms with E-state index >= 15 is 0 Å². The Morgan fingerprint density at radius 3 is 1.54 bits per heavy atom. The van der Waals surface area contributed by atoms with Crippen LogP contribution in [0.2, 0.25) is 0 Å². The Balaban J connectivity index is 0. The zero-order chi connectivity index (χ0) is 18.8. The smallest absolute Gasteiger partial charge is 0.309 e. The third-order valence-corrected chi connectivity index (χ3v) is 3.88. The van der Waals surface area contributed by atoms with Gasteiger partial charge in [-0.2, -0.15) is 0 Å². The van der Waals surface area contributed by atoms with Gasteiger partial charge in [-0.15, -0.1) is 0 Å². The Morgan fingerprint density at radius 2 is 1.29 bits per heavy atom. The van der Waals surface area contributed by atoms with Crippen molar-refractivity contribution in [3.05, 3.63) is 5.21 Å². The number of aliphatic hydroxyl groups is 2. The largest absolute Gasteiger partial charge is 0.630 e. The first-order valence-electron chi connectivity index (χ1n) is 9.52. The van der Waals surface area contributed by atoms with Crippen LogP contribution in [0.1, 0.15) is 97.8 Å². The van der Waals surface area contributed by atoms with Crippen LogP contribution in [-0.4, -0.2) is 28.6 Å². The molecule has 0 aliphatic heterocycles. The molecule has 0 radical (unpaired) electrons. The van der Waals surface area contributed by atoms with Crippen LogP contribution in [0.3, 0.4) is 0 Å². The molecule has 146 valence electrons. The number of quaternary nitrogens is 1. The van der Waals surface area contributed by atoms with E-state index in [0.29, 0.717) is 6.42 Å². The fourth-order valence-electron chi connectivity index (χ4n) is 2.30. The van der Waals surface area contributed by atoms with Gasteiger partial charge in [0, 0.05) is 13.3 Å². The summed E-state index contributed by atoms with van der Waals surface area (Å²) in [5.74, 6) is -2.29. The molecule has 0 saturated heterocycles. The van der Waals surface area contributed by atoms with E-state index in [4.69, 9.17) is 15.9 Å². The number of hydrogen-bond donors (Lipinski definition) is 4. The highest BCUT2D eigenvalue weighted by Crippen LogP contribution is 2.11. The maximum absolute atomic E-state index is 10.5. The second-order valence-electron chi connectivity index (χ2n) is 6.55. The number of hydrogen-bond acceptors (Lipinski definition) is 4. The van der Waals surface area contributed by atoms with Crippen LogP contribution in [0, 0.1) is 5.21 Å². The molecule has 0 saturated carbocycles. The van der Waals surface area contributed by atoms with Crippen LogP contribution >= 0.6 is 0 Å². The molecule has 6 nitrogen and oxygen atoms in total. The quantitative estimate of drug-likeness (QED) is 0.219. The summed E-state index contributed by atoms with van der Waals surface area (Å²) in [6, 6.07) is 0. The lowest BCUT2D eigenvalue weighted by Crippen LogP contribution is -3.15. The van der Waals surface area contributed by atoms with Crippen molar-refractivity contribution >= 4 is 5.91 Å². The third-order valence-electron chi connectivity index (χ3n) is 3.88. The van der Waals surface area contributed by atoms with Crippen molar-refractivity contribution in [1.29, 1.82) is 0 Å². The average molecular weight is 349 g/mol. The molecule has 1 amide bonds. The first kappa shape index (κ1) is 25.5. The average Bonchev–Trinajstić information content (AvgIpc) is 2.51. The van der Waals surface area contributed by atoms with Crippen molar-refractivity contribution < 1.29 is 20.1 Å². The Morgan fingerprint density at radius 1 is 0.917 bits per heavy atom. The monoisotopic (exact) mass is 348 g/mol. The highest BCUT2D eigenvalue weighted by atomic mass is 16.6. The summed E-state index contributed by atoms with van der Waals surface area (Å²) in [5, 5.41) is 26.8. The topological polar surface area (TPSA) is 111 Å². The van der Waals surface area contributed by atoms with E-state index in [1.165, 1.54) is 64.2 Å². The third kappa shape index (κ3) is 21.3. The number of hydroxylamine groups is 2. The van der Waals surface area contributed by atoms with Crippen molar-refractivity contribution in [2.75, 3.05) is 6.54 Å². The van der Waals surface area contributed by atoms with E-state index < -0.39 is 11.0 Å². The van der Waals surface area contributed by atoms with Crippen LogP contribution < -0.4 is 10.8 Å². The molecule has 0 aromatic heterocycles. The lowest BCUT2D eigenvalue weighted by Gasteiger charge is -2.29. The molecule has 6 heteroatoms. The van der Waals surface area contributed by atoms with Crippen molar-refractivity contribution in [1.82, 2.24) is 0 Å². The summed E-state index contributed by atoms with van der Waals surface area (Å²) in [6.07, 6.45) is 15.0. The second kappa shape index (κ2) is 17.1. The standard InChI is InChI=1S/C14H29NO.C4H11NO3/c1-2-3-4-5-6-7-8-9-10-11-12-13-14(15)16;1-3-5(8)4(2,6)7/h2-13H2,1H3,(H2,15,16);5-7H,3H2,1-2H3. The summed E-state index contributed by atoms with van der Waals surface area (Å²) in [4.78, 5) is 10.5. The Hall–Kier alpha value is -0.690. The van der Waals surface area contributed by atoms with Gasteiger partial charge in [0.25, 0.3) is 0 Å². The summed E-state index contributed by atoms with van der Waals surface area (Å²) in [6.45, 7) is 5.04. The lowest BCUT2D eigenvalue weighted by molar-refractivity contribution is -0.960. The van der Waals surface area contributed by atoms with E-state index in [-0.39, 0.29) is 12.5 Å². The molecule has 0 aromatic rings. The van der Waals surface area contributed by atoms with Gasteiger partial charge in [0.2, 0.25) is 5.91 Å². The van der Waals surface area contributed by atoms with E-state index in [1.54, 1.807) is 6.92 Å². The van der Waals surface area contributed by atoms with Crippen molar-refractivity contribution in [3.63, 3.8) is 0 Å². The predicted molar refractivity (Wildman–Crippen MR) is 98.0 cm³/mol. The van der Waals surface area contributed by atoms with Crippen LogP contribution in [-0.2, 0) is 4.79 Å². The number of primary amides is 1. The molecule has 0 spiro atoms. The number of nitrogens with two attached hydrogens (primary N) is 1. The second-order valence-corrected chi connectivity index (χ2v) is 6.55. The molecule has 0 aliphatic rings. The Labute approximate surface area is 148 Å². The fourth-order valence-corrected chi connectivity index (χ4v) is 2.30. The van der Waals surface area contributed by atoms with Crippen LogP contribution in [0.25, 0.3) is 0 Å². The van der Waals surface area contributed by atoms with Crippen LogP contribution in [0.4, 0.5) is 0 Å². The molecule has 1 atom stereocenters. The number of carbonyl (C=O) groups is 1. The van der Waals surface area contributed by atoms with E-state index in [9.17, 15) is 10.0 Å². The predicted octanol–water partition coefficient (Wildman–Crippen LogP) is 2.22. The van der Waals surface area contributed by atoms with E-state index in [1.807, 2.05) is 0 Å². The highest BCUT2D eigenvalue weighted by molar-refractivity contribution is 5.73. The Bertz CT molecular complexity index is 281. The molecule has 1 unspecified atom stereocenters. The number of amides is 1. The van der Waals surface area contributed by atoms with Crippen LogP contribution in [0.15, 0.2) is 0 Å². The first-order chi connectivity index (χ1) is 11.3. The summed E-state index contributed by atoms with van der Waals surface area (Å²) in [7, 11) is 0. The molecule has 0 fully saturated rings. The lowest BCUT2D eigenvalue weighted by atomic mass is 10.1. The maximum Gasteiger partial charge on any atom is 0.309 e. The number of rotatable bonds is 14. The normalized spacial score (nSPS) is 12.4. The summed E-state index contributed by atoms with van der Waals surface area (Å²) in [5.41, 5.74) is 5.07. The maximum atomic E-state index is 10.5. The van der Waals surface area contributed by atoms with Gasteiger partial charge in [-0.25, -0.2) is 0 Å². The first-order valence-corrected chi connectivity index (χ1v) is 9.52. The molecule has 0 bridgehead atoms. The molecule has 5 N–H and O–H groups in total. The number of unbranched alkanes of at least 4 members (excludes halogenated alkanes) is 10. The fraction of sp³-hybridized carbons (Fsp3) is 0.944. The van der Waals surface area contributed by atoms with Gasteiger partial charge in [-0.3, -0.25) is 4.79 Å². The summed E-state index contributed by atoms with van der Waals surface area (Å²) >= 11 is 0. The SMILES string of the molecule is CCCCCCCCCCCCCC(N)=O.CC[NH+]([O-])C(C)(O)O. The van der Waals surface area contributed by atoms with E-state index in [0.717, 1.165) is 13.3 Å². The molecule has 0 aliphatic carbocycles. The van der Waals surface area contributed by atoms with Crippen molar-refractivity contribution in [2.45, 2.75) is 104 Å². The zero-order valence-corrected chi connectivity index (χ0v) is 16.0. The minimum absolute atomic E-state index is 0.156. The van der Waals surface area contributed by atoms with Gasteiger partial charge in [0.1, 0.15) is 0 Å². The van der Waals surface area contributed by atoms with E-state index in [2.05, 4.69) is 6.92 Å². The molecule has 0 heterocycles. The minimum atomic E-state index is -2.13. The van der Waals surface area contributed by atoms with Crippen LogP contribution in [0.5, 0.6) is 0 Å². The van der Waals surface area contributed by atoms with Gasteiger partial charge in [-0.1, -0.05) is 71.1 Å². The summed E-state index contributed by atoms with van der Waals surface area (Å²) < 4.78 is 0. The van der Waals surface area contributed by atoms with Gasteiger partial charge in [0.15, 0.2) is 0 Å². The Kier molecular flexibility index (Phi) is 18.2. The molecule has 24 heavy (non-hydrogen) atoms. The van der Waals surface area contributed by atoms with Gasteiger partial charge < -0.3 is 26.2 Å². The molecular weight excluding hydrogens is 308 g/mol. The number of nitrogens with one attached hydrogen (secondary N) is 1. The van der Waals surface area contributed by atoms with Gasteiger partial charge in [-0.05, 0) is 13.3 Å². The number of carbonyl (C=O) groups excluding carboxylic acids is 1. The van der Waals surface area contributed by atoms with Crippen molar-refractivity contribution in [2.24, 2.45) is 5.73 Å². The molecular formula is C18H40N2O4. The van der Waals surface area contributed by atoms with Gasteiger partial charge in [0.05, 0.1) is 6.54 Å². The minimum Gasteiger partial charge on any atom is -0.630 e. The highest BCUT2D eigenvalue weighted by Gasteiger charge is 2.21. The molecule has 0 rings (SSSR count). The van der Waals surface area contributed by atoms with Crippen molar-refractivity contribution in [3.8, 4) is 0 Å². The van der Waals surface area contributed by atoms with Gasteiger partial charge >= 0.3 is 5.91 Å². The molecule has 0 aromatic carbocycles. The zero-order valence-electron chi connectivity index (χ0n) is 16.0.